The first-order chi connectivity index (χ1) is 13.9. The maximum absolute atomic E-state index is 11.5. The van der Waals surface area contributed by atoms with E-state index >= 15 is 0 Å². The van der Waals surface area contributed by atoms with Crippen molar-refractivity contribution in [3.05, 3.63) is 30.9 Å². The predicted molar refractivity (Wildman–Crippen MR) is 118 cm³/mol. The maximum Gasteiger partial charge on any atom is 0.306 e. The number of benzene rings is 1. The van der Waals surface area contributed by atoms with Crippen molar-refractivity contribution in [1.82, 2.24) is 0 Å². The van der Waals surface area contributed by atoms with Crippen LogP contribution in [0.3, 0.4) is 0 Å². The number of hydrogen-bond acceptors (Lipinski definition) is 5. The van der Waals surface area contributed by atoms with Gasteiger partial charge in [0.05, 0.1) is 12.9 Å². The molecule has 0 fully saturated rings. The van der Waals surface area contributed by atoms with Crippen LogP contribution in [0.1, 0.15) is 71.1 Å². The van der Waals surface area contributed by atoms with Gasteiger partial charge < -0.3 is 14.2 Å². The fourth-order valence-electron chi connectivity index (χ4n) is 2.90. The number of nitrogens with one attached hydrogen (secondary N) is 1. The highest BCUT2D eigenvalue weighted by molar-refractivity contribution is 7.86. The molecule has 0 aromatic heterocycles. The highest BCUT2D eigenvalue weighted by Gasteiger charge is 2.13. The molecule has 0 saturated heterocycles. The Morgan fingerprint density at radius 1 is 1.00 bits per heavy atom. The Kier molecular flexibility index (Phi) is 12.1. The Morgan fingerprint density at radius 2 is 1.59 bits per heavy atom. The van der Waals surface area contributed by atoms with Crippen LogP contribution in [0.25, 0.3) is 0 Å². The number of carbonyl (C=O) groups is 1. The van der Waals surface area contributed by atoms with Crippen molar-refractivity contribution >= 4 is 21.7 Å². The molecule has 1 N–H and O–H groups in total. The number of unbranched alkanes of at least 4 members (excludes halogenated alkanes) is 9. The van der Waals surface area contributed by atoms with Crippen LogP contribution >= 0.6 is 0 Å². The molecule has 0 atom stereocenters. The first kappa shape index (κ1) is 25.0. The van der Waals surface area contributed by atoms with E-state index in [1.165, 1.54) is 57.4 Å². The molecular weight excluding hydrogens is 390 g/mol. The number of hydrogen-bond donors (Lipinski definition) is 1. The van der Waals surface area contributed by atoms with E-state index < -0.39 is 16.0 Å². The van der Waals surface area contributed by atoms with Crippen LogP contribution in [0, 0.1) is 0 Å². The lowest BCUT2D eigenvalue weighted by Gasteiger charge is -2.13. The van der Waals surface area contributed by atoms with Gasteiger partial charge in [-0.05, 0) is 24.6 Å². The molecule has 0 aliphatic carbocycles. The molecule has 6 nitrogen and oxygen atoms in total. The normalized spacial score (nSPS) is 11.1. The smallest absolute Gasteiger partial charge is 0.306 e. The van der Waals surface area contributed by atoms with Gasteiger partial charge in [-0.2, -0.15) is 8.42 Å². The lowest BCUT2D eigenvalue weighted by Crippen LogP contribution is -2.10. The summed E-state index contributed by atoms with van der Waals surface area (Å²) in [6.45, 7) is 6.10. The Morgan fingerprint density at radius 3 is 2.14 bits per heavy atom. The summed E-state index contributed by atoms with van der Waals surface area (Å²) in [6.07, 6.45) is 14.4. The highest BCUT2D eigenvalue weighted by atomic mass is 32.2. The van der Waals surface area contributed by atoms with Crippen molar-refractivity contribution in [1.29, 1.82) is 0 Å². The molecule has 0 unspecified atom stereocenters. The van der Waals surface area contributed by atoms with Crippen LogP contribution in [-0.4, -0.2) is 27.2 Å². The van der Waals surface area contributed by atoms with Gasteiger partial charge in [-0.25, -0.2) is 0 Å². The lowest BCUT2D eigenvalue weighted by atomic mass is 10.1. The second-order valence-electron chi connectivity index (χ2n) is 7.17. The molecule has 1 aromatic rings. The number of ether oxygens (including phenoxy) is 1. The molecule has 164 valence electrons. The standard InChI is InChI=1S/C22H35NO5S/c1-4-6-7-8-9-10-11-12-13-14-17-27-20-16-15-19(23-22(24)5-2)18-21(20)28-29(3,25)26/h5,15-16,18H,2,4,6-14,17H2,1,3H3,(H,23,24). The van der Waals surface area contributed by atoms with Crippen LogP contribution in [0.5, 0.6) is 11.5 Å². The van der Waals surface area contributed by atoms with E-state index in [1.807, 2.05) is 0 Å². The molecule has 0 spiro atoms. The van der Waals surface area contributed by atoms with Crippen LogP contribution < -0.4 is 14.2 Å². The maximum atomic E-state index is 11.5. The monoisotopic (exact) mass is 425 g/mol. The number of rotatable bonds is 16. The molecule has 1 amide bonds. The molecule has 29 heavy (non-hydrogen) atoms. The van der Waals surface area contributed by atoms with Crippen LogP contribution in [0.15, 0.2) is 30.9 Å². The SMILES string of the molecule is C=CC(=O)Nc1ccc(OCCCCCCCCCCCC)c(OS(C)(=O)=O)c1. The van der Waals surface area contributed by atoms with Gasteiger partial charge in [0.25, 0.3) is 0 Å². The van der Waals surface area contributed by atoms with Gasteiger partial charge in [0.1, 0.15) is 0 Å². The second kappa shape index (κ2) is 14.0. The van der Waals surface area contributed by atoms with E-state index in [0.29, 0.717) is 18.0 Å². The minimum absolute atomic E-state index is 0.0569. The zero-order valence-electron chi connectivity index (χ0n) is 17.7. The largest absolute Gasteiger partial charge is 0.490 e. The summed E-state index contributed by atoms with van der Waals surface area (Å²) in [5.74, 6) is -0.00118. The summed E-state index contributed by atoms with van der Waals surface area (Å²) < 4.78 is 33.8. The second-order valence-corrected chi connectivity index (χ2v) is 8.75. The van der Waals surface area contributed by atoms with Crippen LogP contribution in [0.4, 0.5) is 5.69 Å². The molecule has 0 aliphatic heterocycles. The van der Waals surface area contributed by atoms with Crippen molar-refractivity contribution in [3.8, 4) is 11.5 Å². The van der Waals surface area contributed by atoms with Crippen molar-refractivity contribution in [3.63, 3.8) is 0 Å². The van der Waals surface area contributed by atoms with Crippen LogP contribution in [0.2, 0.25) is 0 Å². The number of carbonyl (C=O) groups excluding carboxylic acids is 1. The van der Waals surface area contributed by atoms with Crippen molar-refractivity contribution in [2.45, 2.75) is 71.1 Å². The Balaban J connectivity index is 2.41. The summed E-state index contributed by atoms with van der Waals surface area (Å²) in [7, 11) is -3.72. The first-order valence-electron chi connectivity index (χ1n) is 10.5. The highest BCUT2D eigenvalue weighted by Crippen LogP contribution is 2.32. The average molecular weight is 426 g/mol. The molecular formula is C22H35NO5S. The zero-order chi connectivity index (χ0) is 21.5. The molecule has 0 bridgehead atoms. The van der Waals surface area contributed by atoms with Gasteiger partial charge in [-0.1, -0.05) is 71.3 Å². The fraction of sp³-hybridized carbons (Fsp3) is 0.591. The molecule has 0 aliphatic rings. The summed E-state index contributed by atoms with van der Waals surface area (Å²) in [6, 6.07) is 4.65. The van der Waals surface area contributed by atoms with E-state index in [-0.39, 0.29) is 5.75 Å². The zero-order valence-corrected chi connectivity index (χ0v) is 18.6. The predicted octanol–water partition coefficient (Wildman–Crippen LogP) is 5.45. The Bertz CT molecular complexity index is 731. The molecule has 0 radical (unpaired) electrons. The van der Waals surface area contributed by atoms with Crippen molar-refractivity contribution < 1.29 is 22.1 Å². The third-order valence-electron chi connectivity index (χ3n) is 4.39. The summed E-state index contributed by atoms with van der Waals surface area (Å²) in [4.78, 5) is 11.4. The van der Waals surface area contributed by atoms with Gasteiger partial charge in [-0.3, -0.25) is 4.79 Å². The Hall–Kier alpha value is -2.02. The molecule has 7 heteroatoms. The topological polar surface area (TPSA) is 81.7 Å². The molecule has 1 rings (SSSR count). The third kappa shape index (κ3) is 12.2. The minimum Gasteiger partial charge on any atom is -0.490 e. The number of anilines is 1. The molecule has 0 heterocycles. The van der Waals surface area contributed by atoms with Gasteiger partial charge >= 0.3 is 10.1 Å². The fourth-order valence-corrected chi connectivity index (χ4v) is 3.35. The van der Waals surface area contributed by atoms with Gasteiger partial charge in [0, 0.05) is 11.8 Å². The lowest BCUT2D eigenvalue weighted by molar-refractivity contribution is -0.111. The van der Waals surface area contributed by atoms with E-state index in [1.54, 1.807) is 12.1 Å². The van der Waals surface area contributed by atoms with E-state index in [4.69, 9.17) is 8.92 Å². The van der Waals surface area contributed by atoms with E-state index in [0.717, 1.165) is 25.2 Å². The number of amides is 1. The van der Waals surface area contributed by atoms with Crippen molar-refractivity contribution in [2.75, 3.05) is 18.2 Å². The average Bonchev–Trinajstić information content (AvgIpc) is 2.66. The van der Waals surface area contributed by atoms with Gasteiger partial charge in [0.15, 0.2) is 11.5 Å². The van der Waals surface area contributed by atoms with Crippen LogP contribution in [-0.2, 0) is 14.9 Å². The van der Waals surface area contributed by atoms with Gasteiger partial charge in [-0.15, -0.1) is 0 Å². The molecule has 0 saturated carbocycles. The minimum atomic E-state index is -3.72. The summed E-state index contributed by atoms with van der Waals surface area (Å²) in [5, 5.41) is 2.57. The molecule has 1 aromatic carbocycles. The summed E-state index contributed by atoms with van der Waals surface area (Å²) >= 11 is 0. The third-order valence-corrected chi connectivity index (χ3v) is 4.88. The first-order valence-corrected chi connectivity index (χ1v) is 12.3. The Labute approximate surface area is 175 Å². The van der Waals surface area contributed by atoms with E-state index in [9.17, 15) is 13.2 Å². The summed E-state index contributed by atoms with van der Waals surface area (Å²) in [5.41, 5.74) is 0.403. The van der Waals surface area contributed by atoms with Gasteiger partial charge in [0.2, 0.25) is 5.91 Å². The quantitative estimate of drug-likeness (QED) is 0.216. The van der Waals surface area contributed by atoms with Crippen molar-refractivity contribution in [2.24, 2.45) is 0 Å². The van der Waals surface area contributed by atoms with E-state index in [2.05, 4.69) is 18.8 Å².